The van der Waals surface area contributed by atoms with Crippen LogP contribution >= 0.6 is 0 Å². The van der Waals surface area contributed by atoms with E-state index in [1.807, 2.05) is 44.4 Å². The molecule has 23 heavy (non-hydrogen) atoms. The number of likely N-dealkylation sites (N-methyl/N-ethyl adjacent to an activating group) is 1. The number of aromatic nitrogens is 2. The van der Waals surface area contributed by atoms with E-state index in [-0.39, 0.29) is 11.9 Å². The molecule has 0 spiro atoms. The molecule has 0 aliphatic carbocycles. The number of aromatic amines is 1. The molecule has 2 N–H and O–H groups in total. The molecular weight excluding hydrogens is 288 g/mol. The van der Waals surface area contributed by atoms with Gasteiger partial charge in [-0.2, -0.15) is 0 Å². The van der Waals surface area contributed by atoms with Crippen LogP contribution in [-0.2, 0) is 0 Å². The van der Waals surface area contributed by atoms with Crippen LogP contribution in [0.5, 0.6) is 0 Å². The van der Waals surface area contributed by atoms with Crippen LogP contribution in [0.15, 0.2) is 54.9 Å². The predicted octanol–water partition coefficient (Wildman–Crippen LogP) is 2.60. The van der Waals surface area contributed by atoms with Crippen molar-refractivity contribution in [1.29, 1.82) is 0 Å². The third kappa shape index (κ3) is 3.40. The van der Waals surface area contributed by atoms with E-state index < -0.39 is 0 Å². The molecule has 1 aromatic heterocycles. The Morgan fingerprint density at radius 1 is 1.22 bits per heavy atom. The maximum Gasteiger partial charge on any atom is 0.251 e. The second-order valence-corrected chi connectivity index (χ2v) is 5.73. The summed E-state index contributed by atoms with van der Waals surface area (Å²) in [4.78, 5) is 21.7. The number of amides is 1. The standard InChI is InChI=1S/C18H20N4O/c1-22(2)17(13-6-4-3-5-7-13)11-19-18(23)14-8-9-15-16(10-14)21-12-20-15/h3-10,12,17H,11H2,1-2H3,(H,19,23)(H,20,21)/t17-/m0/s1. The summed E-state index contributed by atoms with van der Waals surface area (Å²) in [7, 11) is 4.03. The normalized spacial score (nSPS) is 12.5. The summed E-state index contributed by atoms with van der Waals surface area (Å²) in [6.45, 7) is 0.552. The number of rotatable bonds is 5. The first kappa shape index (κ1) is 15.2. The van der Waals surface area contributed by atoms with Gasteiger partial charge in [0.25, 0.3) is 5.91 Å². The summed E-state index contributed by atoms with van der Waals surface area (Å²) in [5, 5.41) is 3.02. The van der Waals surface area contributed by atoms with Gasteiger partial charge in [-0.15, -0.1) is 0 Å². The van der Waals surface area contributed by atoms with E-state index in [9.17, 15) is 4.79 Å². The highest BCUT2D eigenvalue weighted by atomic mass is 16.1. The molecular formula is C18H20N4O. The molecule has 0 unspecified atom stereocenters. The predicted molar refractivity (Wildman–Crippen MR) is 91.3 cm³/mol. The number of carbonyl (C=O) groups is 1. The zero-order chi connectivity index (χ0) is 16.2. The van der Waals surface area contributed by atoms with Crippen molar-refractivity contribution < 1.29 is 4.79 Å². The van der Waals surface area contributed by atoms with Crippen LogP contribution in [0.1, 0.15) is 22.0 Å². The van der Waals surface area contributed by atoms with Crippen LogP contribution in [0.4, 0.5) is 0 Å². The first-order chi connectivity index (χ1) is 11.1. The Balaban J connectivity index is 1.71. The van der Waals surface area contributed by atoms with Crippen molar-refractivity contribution >= 4 is 16.9 Å². The summed E-state index contributed by atoms with van der Waals surface area (Å²) in [6.07, 6.45) is 1.63. The summed E-state index contributed by atoms with van der Waals surface area (Å²) in [5.74, 6) is -0.0794. The number of hydrogen-bond donors (Lipinski definition) is 2. The Kier molecular flexibility index (Phi) is 4.39. The first-order valence-corrected chi connectivity index (χ1v) is 7.58. The second-order valence-electron chi connectivity index (χ2n) is 5.73. The Morgan fingerprint density at radius 2 is 2.00 bits per heavy atom. The maximum absolute atomic E-state index is 12.4. The SMILES string of the molecule is CN(C)[C@@H](CNC(=O)c1ccc2nc[nH]c2c1)c1ccccc1. The third-order valence-electron chi connectivity index (χ3n) is 3.95. The monoisotopic (exact) mass is 308 g/mol. The van der Waals surface area contributed by atoms with Crippen LogP contribution in [0.25, 0.3) is 11.0 Å². The van der Waals surface area contributed by atoms with Gasteiger partial charge in [-0.05, 0) is 37.9 Å². The average Bonchev–Trinajstić information content (AvgIpc) is 3.03. The number of nitrogens with zero attached hydrogens (tertiary/aromatic N) is 2. The van der Waals surface area contributed by atoms with Crippen molar-refractivity contribution in [1.82, 2.24) is 20.2 Å². The fourth-order valence-corrected chi connectivity index (χ4v) is 2.64. The van der Waals surface area contributed by atoms with Gasteiger partial charge in [0.1, 0.15) is 0 Å². The minimum Gasteiger partial charge on any atom is -0.350 e. The van der Waals surface area contributed by atoms with Gasteiger partial charge in [-0.25, -0.2) is 4.98 Å². The molecule has 1 amide bonds. The van der Waals surface area contributed by atoms with Gasteiger partial charge in [0.2, 0.25) is 0 Å². The summed E-state index contributed by atoms with van der Waals surface area (Å²) < 4.78 is 0. The molecule has 118 valence electrons. The largest absolute Gasteiger partial charge is 0.350 e. The number of H-pyrrole nitrogens is 1. The maximum atomic E-state index is 12.4. The van der Waals surface area contributed by atoms with Gasteiger partial charge >= 0.3 is 0 Å². The van der Waals surface area contributed by atoms with Crippen molar-refractivity contribution in [2.24, 2.45) is 0 Å². The van der Waals surface area contributed by atoms with E-state index in [0.717, 1.165) is 11.0 Å². The van der Waals surface area contributed by atoms with E-state index in [2.05, 4.69) is 32.3 Å². The van der Waals surface area contributed by atoms with E-state index in [1.165, 1.54) is 5.56 Å². The smallest absolute Gasteiger partial charge is 0.251 e. The zero-order valence-corrected chi connectivity index (χ0v) is 13.3. The summed E-state index contributed by atoms with van der Waals surface area (Å²) in [5.41, 5.74) is 3.54. The molecule has 5 nitrogen and oxygen atoms in total. The fourth-order valence-electron chi connectivity index (χ4n) is 2.64. The summed E-state index contributed by atoms with van der Waals surface area (Å²) in [6, 6.07) is 15.8. The lowest BCUT2D eigenvalue weighted by atomic mass is 10.1. The van der Waals surface area contributed by atoms with Crippen molar-refractivity contribution in [3.8, 4) is 0 Å². The van der Waals surface area contributed by atoms with Crippen molar-refractivity contribution in [3.05, 3.63) is 66.0 Å². The molecule has 1 atom stereocenters. The number of fused-ring (bicyclic) bond motifs is 1. The molecule has 1 heterocycles. The van der Waals surface area contributed by atoms with E-state index >= 15 is 0 Å². The lowest BCUT2D eigenvalue weighted by Gasteiger charge is -2.25. The molecule has 0 bridgehead atoms. The molecule has 3 aromatic rings. The van der Waals surface area contributed by atoms with Crippen molar-refractivity contribution in [3.63, 3.8) is 0 Å². The lowest BCUT2D eigenvalue weighted by Crippen LogP contribution is -2.34. The quantitative estimate of drug-likeness (QED) is 0.761. The van der Waals surface area contributed by atoms with Gasteiger partial charge in [0.05, 0.1) is 23.4 Å². The van der Waals surface area contributed by atoms with E-state index in [1.54, 1.807) is 12.4 Å². The number of carbonyl (C=O) groups excluding carboxylic acids is 1. The topological polar surface area (TPSA) is 61.0 Å². The van der Waals surface area contributed by atoms with Gasteiger partial charge in [-0.1, -0.05) is 30.3 Å². The minimum atomic E-state index is -0.0794. The average molecular weight is 308 g/mol. The zero-order valence-electron chi connectivity index (χ0n) is 13.3. The van der Waals surface area contributed by atoms with Crippen LogP contribution < -0.4 is 5.32 Å². The highest BCUT2D eigenvalue weighted by molar-refractivity contribution is 5.97. The molecule has 0 aliphatic rings. The van der Waals surface area contributed by atoms with E-state index in [0.29, 0.717) is 12.1 Å². The molecule has 3 rings (SSSR count). The van der Waals surface area contributed by atoms with Crippen molar-refractivity contribution in [2.75, 3.05) is 20.6 Å². The van der Waals surface area contributed by atoms with Crippen LogP contribution in [0, 0.1) is 0 Å². The third-order valence-corrected chi connectivity index (χ3v) is 3.95. The molecule has 2 aromatic carbocycles. The lowest BCUT2D eigenvalue weighted by molar-refractivity contribution is 0.0942. The minimum absolute atomic E-state index is 0.0794. The van der Waals surface area contributed by atoms with Crippen LogP contribution in [0.2, 0.25) is 0 Å². The Morgan fingerprint density at radius 3 is 2.74 bits per heavy atom. The van der Waals surface area contributed by atoms with Gasteiger partial charge < -0.3 is 15.2 Å². The molecule has 0 saturated carbocycles. The van der Waals surface area contributed by atoms with Gasteiger partial charge in [-0.3, -0.25) is 4.79 Å². The Hall–Kier alpha value is -2.66. The first-order valence-electron chi connectivity index (χ1n) is 7.58. The summed E-state index contributed by atoms with van der Waals surface area (Å²) >= 11 is 0. The Bertz CT molecular complexity index is 795. The van der Waals surface area contributed by atoms with Crippen LogP contribution in [0.3, 0.4) is 0 Å². The van der Waals surface area contributed by atoms with Crippen molar-refractivity contribution in [2.45, 2.75) is 6.04 Å². The molecule has 0 saturated heterocycles. The number of nitrogens with one attached hydrogen (secondary N) is 2. The molecule has 0 fully saturated rings. The Labute approximate surface area is 135 Å². The number of hydrogen-bond acceptors (Lipinski definition) is 3. The number of benzene rings is 2. The second kappa shape index (κ2) is 6.62. The highest BCUT2D eigenvalue weighted by Gasteiger charge is 2.15. The molecule has 0 aliphatic heterocycles. The van der Waals surface area contributed by atoms with E-state index in [4.69, 9.17) is 0 Å². The van der Waals surface area contributed by atoms with Gasteiger partial charge in [0.15, 0.2) is 0 Å². The van der Waals surface area contributed by atoms with Crippen LogP contribution in [-0.4, -0.2) is 41.4 Å². The molecule has 0 radical (unpaired) electrons. The molecule has 5 heteroatoms. The van der Waals surface area contributed by atoms with Gasteiger partial charge in [0, 0.05) is 12.1 Å². The number of imidazole rings is 1. The fraction of sp³-hybridized carbons (Fsp3) is 0.222. The highest BCUT2D eigenvalue weighted by Crippen LogP contribution is 2.17.